The maximum atomic E-state index is 9.63. The van der Waals surface area contributed by atoms with Crippen LogP contribution in [-0.2, 0) is 0 Å². The predicted octanol–water partition coefficient (Wildman–Crippen LogP) is 4.02. The molecule has 0 heterocycles. The number of aliphatic hydroxyl groups excluding tert-OH is 1. The van der Waals surface area contributed by atoms with Gasteiger partial charge in [0.25, 0.3) is 0 Å². The average Bonchev–Trinajstić information content (AvgIpc) is 2.29. The Morgan fingerprint density at radius 3 is 2.40 bits per heavy atom. The van der Waals surface area contributed by atoms with Gasteiger partial charge < -0.3 is 5.11 Å². The molecule has 0 spiro atoms. The van der Waals surface area contributed by atoms with Gasteiger partial charge in [0.05, 0.1) is 6.10 Å². The van der Waals surface area contributed by atoms with Crippen molar-refractivity contribution in [1.82, 2.24) is 0 Å². The fraction of sp³-hybridized carbons (Fsp3) is 0.538. The van der Waals surface area contributed by atoms with E-state index in [2.05, 4.69) is 19.1 Å². The van der Waals surface area contributed by atoms with Gasteiger partial charge in [-0.2, -0.15) is 0 Å². The molecule has 1 aromatic carbocycles. The maximum Gasteiger partial charge on any atom is 0.0787 e. The van der Waals surface area contributed by atoms with Crippen molar-refractivity contribution in [3.05, 3.63) is 29.8 Å². The molecular weight excluding hydrogens is 204 g/mol. The average molecular weight is 224 g/mol. The fourth-order valence-electron chi connectivity index (χ4n) is 1.36. The van der Waals surface area contributed by atoms with Crippen molar-refractivity contribution in [2.24, 2.45) is 0 Å². The van der Waals surface area contributed by atoms with E-state index in [9.17, 15) is 5.11 Å². The molecule has 0 aliphatic carbocycles. The van der Waals surface area contributed by atoms with E-state index in [0.29, 0.717) is 0 Å². The molecule has 0 saturated heterocycles. The van der Waals surface area contributed by atoms with Crippen LogP contribution in [0.25, 0.3) is 0 Å². The lowest BCUT2D eigenvalue weighted by Gasteiger charge is -2.08. The standard InChI is InChI=1S/C13H20OS/c1-3-5-10-15-12-8-6-11(7-9-12)13(14)4-2/h6-9,13-14H,3-5,10H2,1-2H3/t13-/m0/s1. The molecule has 0 bridgehead atoms. The Kier molecular flexibility index (Phi) is 5.81. The van der Waals surface area contributed by atoms with Crippen LogP contribution in [0, 0.1) is 0 Å². The smallest absolute Gasteiger partial charge is 0.0787 e. The summed E-state index contributed by atoms with van der Waals surface area (Å²) in [5, 5.41) is 9.63. The minimum Gasteiger partial charge on any atom is -0.388 e. The molecule has 0 aliphatic heterocycles. The van der Waals surface area contributed by atoms with Crippen molar-refractivity contribution in [2.75, 3.05) is 5.75 Å². The van der Waals surface area contributed by atoms with Crippen LogP contribution in [0.5, 0.6) is 0 Å². The third-order valence-corrected chi connectivity index (χ3v) is 3.52. The molecule has 0 aliphatic rings. The molecule has 2 heteroatoms. The van der Waals surface area contributed by atoms with Gasteiger partial charge in [0.2, 0.25) is 0 Å². The molecule has 1 aromatic rings. The summed E-state index contributed by atoms with van der Waals surface area (Å²) in [5.74, 6) is 1.19. The van der Waals surface area contributed by atoms with E-state index >= 15 is 0 Å². The van der Waals surface area contributed by atoms with Crippen molar-refractivity contribution in [3.63, 3.8) is 0 Å². The topological polar surface area (TPSA) is 20.2 Å². The van der Waals surface area contributed by atoms with Crippen molar-refractivity contribution in [2.45, 2.75) is 44.1 Å². The molecule has 1 N–H and O–H groups in total. The predicted molar refractivity (Wildman–Crippen MR) is 67.3 cm³/mol. The van der Waals surface area contributed by atoms with E-state index in [1.807, 2.05) is 30.8 Å². The van der Waals surface area contributed by atoms with Gasteiger partial charge in [0.15, 0.2) is 0 Å². The minimum atomic E-state index is -0.306. The molecule has 1 atom stereocenters. The summed E-state index contributed by atoms with van der Waals surface area (Å²) in [7, 11) is 0. The van der Waals surface area contributed by atoms with Crippen LogP contribution in [0.4, 0.5) is 0 Å². The van der Waals surface area contributed by atoms with Gasteiger partial charge in [-0.25, -0.2) is 0 Å². The number of benzene rings is 1. The van der Waals surface area contributed by atoms with E-state index in [-0.39, 0.29) is 6.10 Å². The van der Waals surface area contributed by atoms with E-state index in [0.717, 1.165) is 12.0 Å². The summed E-state index contributed by atoms with van der Waals surface area (Å²) in [6.45, 7) is 4.20. The normalized spacial score (nSPS) is 12.7. The Labute approximate surface area is 96.9 Å². The van der Waals surface area contributed by atoms with Gasteiger partial charge in [0, 0.05) is 4.90 Å². The van der Waals surface area contributed by atoms with Crippen molar-refractivity contribution in [1.29, 1.82) is 0 Å². The molecule has 84 valence electrons. The number of rotatable bonds is 6. The lowest BCUT2D eigenvalue weighted by atomic mass is 10.1. The first kappa shape index (κ1) is 12.6. The third-order valence-electron chi connectivity index (χ3n) is 2.42. The van der Waals surface area contributed by atoms with Crippen LogP contribution in [0.3, 0.4) is 0 Å². The van der Waals surface area contributed by atoms with Crippen LogP contribution in [0.1, 0.15) is 44.8 Å². The van der Waals surface area contributed by atoms with Gasteiger partial charge in [-0.05, 0) is 36.3 Å². The summed E-state index contributed by atoms with van der Waals surface area (Å²) in [6, 6.07) is 8.27. The molecule has 15 heavy (non-hydrogen) atoms. The Hall–Kier alpha value is -0.470. The molecule has 0 unspecified atom stereocenters. The first-order valence-electron chi connectivity index (χ1n) is 5.68. The molecular formula is C13H20OS. The zero-order chi connectivity index (χ0) is 11.1. The van der Waals surface area contributed by atoms with Crippen LogP contribution >= 0.6 is 11.8 Å². The second-order valence-corrected chi connectivity index (χ2v) is 4.86. The van der Waals surface area contributed by atoms with Crippen molar-refractivity contribution in [3.8, 4) is 0 Å². The van der Waals surface area contributed by atoms with Crippen LogP contribution < -0.4 is 0 Å². The van der Waals surface area contributed by atoms with E-state index < -0.39 is 0 Å². The molecule has 0 fully saturated rings. The van der Waals surface area contributed by atoms with E-state index in [1.165, 1.54) is 23.5 Å². The SMILES string of the molecule is CCCCSc1ccc([C@@H](O)CC)cc1. The van der Waals surface area contributed by atoms with Crippen LogP contribution in [0.15, 0.2) is 29.2 Å². The Morgan fingerprint density at radius 1 is 1.20 bits per heavy atom. The number of hydrogen-bond donors (Lipinski definition) is 1. The van der Waals surface area contributed by atoms with Crippen molar-refractivity contribution >= 4 is 11.8 Å². The van der Waals surface area contributed by atoms with Gasteiger partial charge in [-0.3, -0.25) is 0 Å². The molecule has 0 amide bonds. The molecule has 1 rings (SSSR count). The highest BCUT2D eigenvalue weighted by Gasteiger charge is 2.03. The quantitative estimate of drug-likeness (QED) is 0.581. The van der Waals surface area contributed by atoms with E-state index in [4.69, 9.17) is 0 Å². The second-order valence-electron chi connectivity index (χ2n) is 3.70. The van der Waals surface area contributed by atoms with Gasteiger partial charge in [-0.1, -0.05) is 32.4 Å². The minimum absolute atomic E-state index is 0.306. The lowest BCUT2D eigenvalue weighted by molar-refractivity contribution is 0.173. The Balaban J connectivity index is 2.49. The number of thioether (sulfide) groups is 1. The molecule has 0 aromatic heterocycles. The Morgan fingerprint density at radius 2 is 1.87 bits per heavy atom. The zero-order valence-electron chi connectivity index (χ0n) is 9.57. The second kappa shape index (κ2) is 6.91. The van der Waals surface area contributed by atoms with Crippen LogP contribution in [-0.4, -0.2) is 10.9 Å². The first-order chi connectivity index (χ1) is 7.27. The first-order valence-corrected chi connectivity index (χ1v) is 6.67. The highest BCUT2D eigenvalue weighted by atomic mass is 32.2. The largest absolute Gasteiger partial charge is 0.388 e. The lowest BCUT2D eigenvalue weighted by Crippen LogP contribution is -1.94. The molecule has 1 nitrogen and oxygen atoms in total. The third kappa shape index (κ3) is 4.27. The van der Waals surface area contributed by atoms with Gasteiger partial charge in [-0.15, -0.1) is 11.8 Å². The van der Waals surface area contributed by atoms with Crippen molar-refractivity contribution < 1.29 is 5.11 Å². The van der Waals surface area contributed by atoms with E-state index in [1.54, 1.807) is 0 Å². The summed E-state index contributed by atoms with van der Waals surface area (Å²) in [5.41, 5.74) is 1.03. The number of hydrogen-bond acceptors (Lipinski definition) is 2. The number of aliphatic hydroxyl groups is 1. The summed E-state index contributed by atoms with van der Waals surface area (Å²) in [6.07, 6.45) is 2.99. The Bertz CT molecular complexity index is 268. The summed E-state index contributed by atoms with van der Waals surface area (Å²) < 4.78 is 0. The monoisotopic (exact) mass is 224 g/mol. The fourth-order valence-corrected chi connectivity index (χ4v) is 2.35. The maximum absolute atomic E-state index is 9.63. The van der Waals surface area contributed by atoms with Gasteiger partial charge >= 0.3 is 0 Å². The van der Waals surface area contributed by atoms with Crippen LogP contribution in [0.2, 0.25) is 0 Å². The summed E-state index contributed by atoms with van der Waals surface area (Å²) >= 11 is 1.89. The number of unbranched alkanes of at least 4 members (excludes halogenated alkanes) is 1. The zero-order valence-corrected chi connectivity index (χ0v) is 10.4. The highest BCUT2D eigenvalue weighted by Crippen LogP contribution is 2.23. The molecule has 0 radical (unpaired) electrons. The summed E-state index contributed by atoms with van der Waals surface area (Å²) in [4.78, 5) is 1.30. The molecule has 0 saturated carbocycles. The highest BCUT2D eigenvalue weighted by molar-refractivity contribution is 7.99. The van der Waals surface area contributed by atoms with Gasteiger partial charge in [0.1, 0.15) is 0 Å².